The molecular weight excluding hydrogens is 311 g/mol. The molecule has 0 aliphatic rings. The molecule has 2 nitrogen and oxygen atoms in total. The minimum absolute atomic E-state index is 0.155. The molecule has 1 heterocycles. The number of nitrogens with zero attached hydrogens (tertiary/aromatic N) is 1. The Bertz CT molecular complexity index is 356. The first-order valence-electron chi connectivity index (χ1n) is 5.05. The molecule has 0 atom stereocenters. The van der Waals surface area contributed by atoms with Crippen molar-refractivity contribution in [1.29, 1.82) is 0 Å². The fraction of sp³-hybridized carbons (Fsp3) is 0.545. The third-order valence-corrected chi connectivity index (χ3v) is 3.31. The molecule has 0 fully saturated rings. The summed E-state index contributed by atoms with van der Waals surface area (Å²) >= 11 is 15.0. The molecule has 1 N–H and O–H groups in total. The maximum absolute atomic E-state index is 5.82. The van der Waals surface area contributed by atoms with E-state index in [2.05, 4.69) is 40.1 Å². The highest BCUT2D eigenvalue weighted by atomic mass is 79.9. The Balaban J connectivity index is 2.61. The Hall–Kier alpha value is 0.01000. The first-order chi connectivity index (χ1) is 7.44. The van der Waals surface area contributed by atoms with E-state index in [4.69, 9.17) is 23.2 Å². The Morgan fingerprint density at radius 2 is 2.19 bits per heavy atom. The average Bonchev–Trinajstić information content (AvgIpc) is 2.16. The van der Waals surface area contributed by atoms with E-state index < -0.39 is 0 Å². The molecule has 16 heavy (non-hydrogen) atoms. The normalized spacial score (nSPS) is 11.6. The van der Waals surface area contributed by atoms with Crippen LogP contribution >= 0.6 is 39.1 Å². The monoisotopic (exact) mass is 324 g/mol. The maximum Gasteiger partial charge on any atom is 0.140 e. The summed E-state index contributed by atoms with van der Waals surface area (Å²) < 4.78 is 0.877. The molecule has 0 bridgehead atoms. The van der Waals surface area contributed by atoms with Crippen molar-refractivity contribution in [2.45, 2.75) is 20.3 Å². The summed E-state index contributed by atoms with van der Waals surface area (Å²) in [5.74, 6) is 1.48. The first kappa shape index (κ1) is 14.1. The van der Waals surface area contributed by atoms with Crippen molar-refractivity contribution in [2.75, 3.05) is 17.7 Å². The predicted octanol–water partition coefficient (Wildman–Crippen LogP) is 4.56. The Morgan fingerprint density at radius 3 is 2.75 bits per heavy atom. The van der Waals surface area contributed by atoms with E-state index >= 15 is 0 Å². The highest BCUT2D eigenvalue weighted by Crippen LogP contribution is 2.26. The molecule has 0 unspecified atom stereocenters. The molecule has 0 aliphatic heterocycles. The van der Waals surface area contributed by atoms with Gasteiger partial charge in [0.1, 0.15) is 5.82 Å². The number of hydrogen-bond donors (Lipinski definition) is 1. The van der Waals surface area contributed by atoms with Crippen molar-refractivity contribution >= 4 is 44.9 Å². The molecule has 1 rings (SSSR count). The highest BCUT2D eigenvalue weighted by Gasteiger charge is 2.17. The van der Waals surface area contributed by atoms with Gasteiger partial charge in [-0.15, -0.1) is 11.6 Å². The van der Waals surface area contributed by atoms with Crippen LogP contribution in [0.1, 0.15) is 20.3 Å². The lowest BCUT2D eigenvalue weighted by Crippen LogP contribution is -2.24. The van der Waals surface area contributed by atoms with Crippen LogP contribution in [0.4, 0.5) is 5.82 Å². The second-order valence-corrected chi connectivity index (χ2v) is 6.11. The summed E-state index contributed by atoms with van der Waals surface area (Å²) in [5, 5.41) is 3.91. The van der Waals surface area contributed by atoms with E-state index in [9.17, 15) is 0 Å². The number of aromatic nitrogens is 1. The van der Waals surface area contributed by atoms with Crippen LogP contribution in [-0.2, 0) is 0 Å². The number of rotatable bonds is 5. The number of alkyl halides is 1. The average molecular weight is 326 g/mol. The summed E-state index contributed by atoms with van der Waals surface area (Å²) in [6.07, 6.45) is 2.59. The van der Waals surface area contributed by atoms with E-state index in [0.717, 1.165) is 23.3 Å². The van der Waals surface area contributed by atoms with Gasteiger partial charge < -0.3 is 5.32 Å². The third kappa shape index (κ3) is 4.48. The minimum Gasteiger partial charge on any atom is -0.369 e. The molecule has 0 radical (unpaired) electrons. The highest BCUT2D eigenvalue weighted by molar-refractivity contribution is 9.10. The third-order valence-electron chi connectivity index (χ3n) is 2.31. The topological polar surface area (TPSA) is 24.9 Å². The fourth-order valence-corrected chi connectivity index (χ4v) is 2.50. The molecule has 0 saturated heterocycles. The smallest absolute Gasteiger partial charge is 0.140 e. The second kappa shape index (κ2) is 6.08. The Morgan fingerprint density at radius 1 is 1.50 bits per heavy atom. The van der Waals surface area contributed by atoms with E-state index in [1.165, 1.54) is 0 Å². The summed E-state index contributed by atoms with van der Waals surface area (Å²) in [6, 6.07) is 1.82. The molecule has 1 aromatic heterocycles. The summed E-state index contributed by atoms with van der Waals surface area (Å²) in [6.45, 7) is 5.17. The lowest BCUT2D eigenvalue weighted by molar-refractivity contribution is 0.379. The van der Waals surface area contributed by atoms with Crippen LogP contribution in [0.15, 0.2) is 16.7 Å². The molecule has 90 valence electrons. The summed E-state index contributed by atoms with van der Waals surface area (Å²) in [7, 11) is 0. The molecule has 0 spiro atoms. The number of hydrogen-bond acceptors (Lipinski definition) is 2. The SMILES string of the molecule is CC(C)(CCCl)CNc1ncc(Cl)cc1Br. The van der Waals surface area contributed by atoms with Crippen molar-refractivity contribution in [3.05, 3.63) is 21.8 Å². The van der Waals surface area contributed by atoms with E-state index in [1.54, 1.807) is 6.20 Å². The molecule has 0 aromatic carbocycles. The van der Waals surface area contributed by atoms with Crippen molar-refractivity contribution in [3.63, 3.8) is 0 Å². The lowest BCUT2D eigenvalue weighted by atomic mass is 9.90. The van der Waals surface area contributed by atoms with Crippen LogP contribution in [0.5, 0.6) is 0 Å². The van der Waals surface area contributed by atoms with E-state index in [0.29, 0.717) is 10.9 Å². The molecule has 0 saturated carbocycles. The van der Waals surface area contributed by atoms with Crippen molar-refractivity contribution < 1.29 is 0 Å². The van der Waals surface area contributed by atoms with Gasteiger partial charge in [-0.1, -0.05) is 25.4 Å². The van der Waals surface area contributed by atoms with E-state index in [1.807, 2.05) is 6.07 Å². The van der Waals surface area contributed by atoms with Crippen molar-refractivity contribution in [2.24, 2.45) is 5.41 Å². The zero-order chi connectivity index (χ0) is 12.2. The van der Waals surface area contributed by atoms with Gasteiger partial charge in [0, 0.05) is 18.6 Å². The zero-order valence-electron chi connectivity index (χ0n) is 9.36. The van der Waals surface area contributed by atoms with Gasteiger partial charge >= 0.3 is 0 Å². The summed E-state index contributed by atoms with van der Waals surface area (Å²) in [4.78, 5) is 4.22. The Labute approximate surface area is 115 Å². The number of pyridine rings is 1. The lowest BCUT2D eigenvalue weighted by Gasteiger charge is -2.24. The molecule has 0 aliphatic carbocycles. The minimum atomic E-state index is 0.155. The Kier molecular flexibility index (Phi) is 5.35. The fourth-order valence-electron chi connectivity index (χ4n) is 1.21. The van der Waals surface area contributed by atoms with Gasteiger partial charge in [0.05, 0.1) is 9.50 Å². The molecule has 0 amide bonds. The van der Waals surface area contributed by atoms with Gasteiger partial charge in [0.15, 0.2) is 0 Å². The van der Waals surface area contributed by atoms with Crippen LogP contribution in [-0.4, -0.2) is 17.4 Å². The quantitative estimate of drug-likeness (QED) is 0.802. The number of halogens is 3. The van der Waals surface area contributed by atoms with Crippen LogP contribution in [0.25, 0.3) is 0 Å². The maximum atomic E-state index is 5.82. The zero-order valence-corrected chi connectivity index (χ0v) is 12.5. The van der Waals surface area contributed by atoms with Crippen molar-refractivity contribution in [1.82, 2.24) is 4.98 Å². The van der Waals surface area contributed by atoms with Gasteiger partial charge in [0.25, 0.3) is 0 Å². The number of nitrogens with one attached hydrogen (secondary N) is 1. The molecule has 1 aromatic rings. The molecular formula is C11H15BrCl2N2. The largest absolute Gasteiger partial charge is 0.369 e. The van der Waals surface area contributed by atoms with Gasteiger partial charge in [-0.2, -0.15) is 0 Å². The van der Waals surface area contributed by atoms with Crippen LogP contribution < -0.4 is 5.32 Å². The standard InChI is InChI=1S/C11H15BrCl2N2/c1-11(2,3-4-13)7-16-10-9(12)5-8(14)6-15-10/h5-6H,3-4,7H2,1-2H3,(H,15,16). The van der Waals surface area contributed by atoms with Crippen LogP contribution in [0.2, 0.25) is 5.02 Å². The number of anilines is 1. The molecule has 5 heteroatoms. The van der Waals surface area contributed by atoms with Gasteiger partial charge in [-0.05, 0) is 33.8 Å². The van der Waals surface area contributed by atoms with Gasteiger partial charge in [-0.3, -0.25) is 0 Å². The van der Waals surface area contributed by atoms with Gasteiger partial charge in [-0.25, -0.2) is 4.98 Å². The van der Waals surface area contributed by atoms with Gasteiger partial charge in [0.2, 0.25) is 0 Å². The predicted molar refractivity (Wildman–Crippen MR) is 74.6 cm³/mol. The summed E-state index contributed by atoms with van der Waals surface area (Å²) in [5.41, 5.74) is 0.155. The van der Waals surface area contributed by atoms with Crippen LogP contribution in [0.3, 0.4) is 0 Å². The van der Waals surface area contributed by atoms with Crippen molar-refractivity contribution in [3.8, 4) is 0 Å². The second-order valence-electron chi connectivity index (χ2n) is 4.44. The first-order valence-corrected chi connectivity index (χ1v) is 6.76. The van der Waals surface area contributed by atoms with Crippen LogP contribution in [0, 0.1) is 5.41 Å². The van der Waals surface area contributed by atoms with E-state index in [-0.39, 0.29) is 5.41 Å².